The third-order valence-corrected chi connectivity index (χ3v) is 6.42. The molecule has 6 nitrogen and oxygen atoms in total. The van der Waals surface area contributed by atoms with Gasteiger partial charge in [-0.25, -0.2) is 13.1 Å². The number of benzene rings is 2. The van der Waals surface area contributed by atoms with Gasteiger partial charge in [0.2, 0.25) is 10.0 Å². The van der Waals surface area contributed by atoms with Gasteiger partial charge in [0.15, 0.2) is 0 Å². The first kappa shape index (κ1) is 19.6. The van der Waals surface area contributed by atoms with E-state index in [4.69, 9.17) is 4.42 Å². The van der Waals surface area contributed by atoms with Crippen LogP contribution in [-0.4, -0.2) is 32.5 Å². The maximum absolute atomic E-state index is 12.7. The Morgan fingerprint density at radius 3 is 2.83 bits per heavy atom. The topological polar surface area (TPSA) is 84.2 Å². The number of sulfonamides is 1. The summed E-state index contributed by atoms with van der Waals surface area (Å²) >= 11 is 0. The molecule has 29 heavy (non-hydrogen) atoms. The van der Waals surface area contributed by atoms with Crippen molar-refractivity contribution in [3.8, 4) is 0 Å². The van der Waals surface area contributed by atoms with E-state index in [0.29, 0.717) is 6.54 Å². The highest BCUT2D eigenvalue weighted by atomic mass is 32.2. The van der Waals surface area contributed by atoms with Crippen LogP contribution in [-0.2, 0) is 16.4 Å². The van der Waals surface area contributed by atoms with Crippen LogP contribution in [0.1, 0.15) is 12.5 Å². The molecule has 0 saturated heterocycles. The Bertz CT molecular complexity index is 1230. The molecule has 1 atom stereocenters. The van der Waals surface area contributed by atoms with Gasteiger partial charge in [-0.2, -0.15) is 0 Å². The second-order valence-corrected chi connectivity index (χ2v) is 8.87. The lowest BCUT2D eigenvalue weighted by atomic mass is 10.1. The third kappa shape index (κ3) is 4.64. The Morgan fingerprint density at radius 2 is 1.93 bits per heavy atom. The first-order chi connectivity index (χ1) is 14.0. The molecule has 2 N–H and O–H groups in total. The normalized spacial score (nSPS) is 13.1. The number of rotatable bonds is 8. The first-order valence-corrected chi connectivity index (χ1v) is 11.0. The van der Waals surface area contributed by atoms with Crippen molar-refractivity contribution < 1.29 is 12.8 Å². The van der Waals surface area contributed by atoms with Crippen LogP contribution in [0.15, 0.2) is 76.5 Å². The molecule has 0 bridgehead atoms. The van der Waals surface area contributed by atoms with E-state index < -0.39 is 10.0 Å². The smallest absolute Gasteiger partial charge is 0.240 e. The average Bonchev–Trinajstić information content (AvgIpc) is 3.18. The zero-order valence-corrected chi connectivity index (χ0v) is 16.9. The van der Waals surface area contributed by atoms with Gasteiger partial charge in [0.25, 0.3) is 0 Å². The molecule has 4 rings (SSSR count). The van der Waals surface area contributed by atoms with Crippen molar-refractivity contribution >= 4 is 31.8 Å². The number of furan rings is 1. The van der Waals surface area contributed by atoms with Gasteiger partial charge in [0.05, 0.1) is 11.2 Å². The van der Waals surface area contributed by atoms with E-state index in [2.05, 4.69) is 27.2 Å². The molecule has 0 amide bonds. The zero-order chi connectivity index (χ0) is 20.3. The molecule has 0 aliphatic rings. The second kappa shape index (κ2) is 8.32. The van der Waals surface area contributed by atoms with Crippen molar-refractivity contribution in [1.29, 1.82) is 0 Å². The molecule has 0 radical (unpaired) electrons. The number of nitrogens with one attached hydrogen (secondary N) is 2. The summed E-state index contributed by atoms with van der Waals surface area (Å²) in [5.74, 6) is 0. The fraction of sp³-hybridized carbons (Fsp3) is 0.227. The molecule has 7 heteroatoms. The molecule has 0 aliphatic carbocycles. The summed E-state index contributed by atoms with van der Waals surface area (Å²) in [6.07, 6.45) is 5.92. The van der Waals surface area contributed by atoms with E-state index >= 15 is 0 Å². The Morgan fingerprint density at radius 1 is 1.03 bits per heavy atom. The largest absolute Gasteiger partial charge is 0.464 e. The van der Waals surface area contributed by atoms with Crippen LogP contribution in [0.3, 0.4) is 0 Å². The number of aromatic nitrogens is 1. The van der Waals surface area contributed by atoms with E-state index in [-0.39, 0.29) is 10.9 Å². The van der Waals surface area contributed by atoms with Crippen molar-refractivity contribution in [1.82, 2.24) is 15.0 Å². The van der Waals surface area contributed by atoms with E-state index in [1.165, 1.54) is 5.56 Å². The fourth-order valence-corrected chi connectivity index (χ4v) is 4.60. The predicted octanol–water partition coefficient (Wildman–Crippen LogP) is 3.48. The van der Waals surface area contributed by atoms with Crippen LogP contribution in [0.25, 0.3) is 21.7 Å². The van der Waals surface area contributed by atoms with Crippen LogP contribution in [0.2, 0.25) is 0 Å². The quantitative estimate of drug-likeness (QED) is 0.435. The highest BCUT2D eigenvalue weighted by Crippen LogP contribution is 2.19. The lowest BCUT2D eigenvalue weighted by molar-refractivity contribution is 0.537. The molecule has 0 fully saturated rings. The Balaban J connectivity index is 1.30. The maximum atomic E-state index is 12.7. The summed E-state index contributed by atoms with van der Waals surface area (Å²) in [5, 5.41) is 6.18. The Kier molecular flexibility index (Phi) is 5.62. The average molecular weight is 410 g/mol. The van der Waals surface area contributed by atoms with Gasteiger partial charge in [0.1, 0.15) is 5.58 Å². The molecule has 2 heterocycles. The van der Waals surface area contributed by atoms with E-state index in [0.717, 1.165) is 34.7 Å². The second-order valence-electron chi connectivity index (χ2n) is 7.15. The Labute approximate surface area is 170 Å². The maximum Gasteiger partial charge on any atom is 0.240 e. The fourth-order valence-electron chi connectivity index (χ4n) is 3.33. The van der Waals surface area contributed by atoms with Gasteiger partial charge in [0, 0.05) is 35.8 Å². The van der Waals surface area contributed by atoms with Gasteiger partial charge in [-0.1, -0.05) is 12.1 Å². The summed E-state index contributed by atoms with van der Waals surface area (Å²) in [4.78, 5) is 4.31. The molecular weight excluding hydrogens is 386 g/mol. The van der Waals surface area contributed by atoms with E-state index in [1.54, 1.807) is 42.9 Å². The number of fused-ring (bicyclic) bond motifs is 2. The van der Waals surface area contributed by atoms with Crippen molar-refractivity contribution in [2.75, 3.05) is 13.1 Å². The SMILES string of the molecule is CC(CNCCc1ccc2occc2c1)NS(=O)(=O)c1ccc2cnccc2c1. The summed E-state index contributed by atoms with van der Waals surface area (Å²) in [6, 6.07) is 14.7. The number of pyridine rings is 1. The predicted molar refractivity (Wildman–Crippen MR) is 114 cm³/mol. The van der Waals surface area contributed by atoms with Crippen LogP contribution < -0.4 is 10.0 Å². The van der Waals surface area contributed by atoms with Crippen LogP contribution in [0.5, 0.6) is 0 Å². The summed E-state index contributed by atoms with van der Waals surface area (Å²) < 4.78 is 33.4. The van der Waals surface area contributed by atoms with Crippen LogP contribution >= 0.6 is 0 Å². The molecule has 2 aromatic heterocycles. The van der Waals surface area contributed by atoms with Gasteiger partial charge in [-0.15, -0.1) is 0 Å². The van der Waals surface area contributed by atoms with E-state index in [9.17, 15) is 8.42 Å². The van der Waals surface area contributed by atoms with Crippen LogP contribution in [0.4, 0.5) is 0 Å². The lowest BCUT2D eigenvalue weighted by Gasteiger charge is -2.15. The van der Waals surface area contributed by atoms with Crippen LogP contribution in [0, 0.1) is 0 Å². The minimum Gasteiger partial charge on any atom is -0.464 e. The van der Waals surface area contributed by atoms with Crippen molar-refractivity contribution in [3.63, 3.8) is 0 Å². The van der Waals surface area contributed by atoms with Crippen molar-refractivity contribution in [3.05, 3.63) is 72.8 Å². The molecule has 1 unspecified atom stereocenters. The first-order valence-electron chi connectivity index (χ1n) is 9.54. The minimum absolute atomic E-state index is 0.232. The third-order valence-electron chi connectivity index (χ3n) is 4.84. The molecule has 0 spiro atoms. The molecular formula is C22H23N3O3S. The molecule has 4 aromatic rings. The van der Waals surface area contributed by atoms with Gasteiger partial charge >= 0.3 is 0 Å². The summed E-state index contributed by atoms with van der Waals surface area (Å²) in [7, 11) is -3.58. The summed E-state index contributed by atoms with van der Waals surface area (Å²) in [5.41, 5.74) is 2.10. The van der Waals surface area contributed by atoms with Crippen molar-refractivity contribution in [2.45, 2.75) is 24.3 Å². The highest BCUT2D eigenvalue weighted by molar-refractivity contribution is 7.89. The zero-order valence-electron chi connectivity index (χ0n) is 16.1. The molecule has 150 valence electrons. The highest BCUT2D eigenvalue weighted by Gasteiger charge is 2.17. The van der Waals surface area contributed by atoms with Gasteiger partial charge < -0.3 is 9.73 Å². The molecule has 2 aromatic carbocycles. The number of hydrogen-bond acceptors (Lipinski definition) is 5. The van der Waals surface area contributed by atoms with Gasteiger partial charge in [-0.3, -0.25) is 4.98 Å². The van der Waals surface area contributed by atoms with Gasteiger partial charge in [-0.05, 0) is 67.2 Å². The Hall–Kier alpha value is -2.74. The molecule has 0 aliphatic heterocycles. The lowest BCUT2D eigenvalue weighted by Crippen LogP contribution is -2.40. The molecule has 0 saturated carbocycles. The monoisotopic (exact) mass is 409 g/mol. The number of nitrogens with zero attached hydrogens (tertiary/aromatic N) is 1. The number of hydrogen-bond donors (Lipinski definition) is 2. The van der Waals surface area contributed by atoms with E-state index in [1.807, 2.05) is 19.1 Å². The summed E-state index contributed by atoms with van der Waals surface area (Å²) in [6.45, 7) is 3.16. The minimum atomic E-state index is -3.58. The standard InChI is InChI=1S/C22H23N3O3S/c1-16(14-23-9-6-17-2-5-22-19(12-17)8-11-28-22)25-29(26,27)21-4-3-20-15-24-10-7-18(20)13-21/h2-5,7-8,10-13,15-16,23,25H,6,9,14H2,1H3. The van der Waals surface area contributed by atoms with Crippen molar-refractivity contribution in [2.24, 2.45) is 0 Å².